The first-order chi connectivity index (χ1) is 10.1. The van der Waals surface area contributed by atoms with E-state index in [0.29, 0.717) is 0 Å². The van der Waals surface area contributed by atoms with Crippen molar-refractivity contribution in [2.75, 3.05) is 0 Å². The quantitative estimate of drug-likeness (QED) is 0.632. The Morgan fingerprint density at radius 1 is 0.429 bits per heavy atom. The van der Waals surface area contributed by atoms with E-state index in [1.807, 2.05) is 0 Å². The Labute approximate surface area is 133 Å². The second-order valence-electron chi connectivity index (χ2n) is 5.09. The maximum absolute atomic E-state index is 2.77. The van der Waals surface area contributed by atoms with Gasteiger partial charge in [0.25, 0.3) is 0 Å². The van der Waals surface area contributed by atoms with Gasteiger partial charge in [-0.15, -0.1) is 27.7 Å². The highest BCUT2D eigenvalue weighted by atomic mass is 31.0. The van der Waals surface area contributed by atoms with E-state index >= 15 is 0 Å². The predicted molar refractivity (Wildman–Crippen MR) is 105 cm³/mol. The lowest BCUT2D eigenvalue weighted by Gasteiger charge is -2.08. The molecule has 0 saturated carbocycles. The van der Waals surface area contributed by atoms with E-state index in [2.05, 4.69) is 94.4 Å². The third kappa shape index (κ3) is 3.59. The largest absolute Gasteiger partial charge is 0.106 e. The van der Waals surface area contributed by atoms with E-state index in [-0.39, 0.29) is 0 Å². The Kier molecular flexibility index (Phi) is 4.51. The lowest BCUT2D eigenvalue weighted by atomic mass is 9.99. The van der Waals surface area contributed by atoms with Gasteiger partial charge in [0, 0.05) is 0 Å². The van der Waals surface area contributed by atoms with Crippen LogP contribution in [-0.2, 0) is 0 Å². The second-order valence-corrected chi connectivity index (χ2v) is 7.09. The van der Waals surface area contributed by atoms with Crippen molar-refractivity contribution < 1.29 is 0 Å². The fourth-order valence-corrected chi connectivity index (χ4v) is 3.53. The van der Waals surface area contributed by atoms with E-state index in [9.17, 15) is 0 Å². The minimum atomic E-state index is 1.20. The van der Waals surface area contributed by atoms with E-state index in [1.165, 1.54) is 38.2 Å². The van der Waals surface area contributed by atoms with Crippen molar-refractivity contribution in [2.24, 2.45) is 0 Å². The van der Waals surface area contributed by atoms with Crippen molar-refractivity contribution >= 4 is 43.6 Å². The van der Waals surface area contributed by atoms with Crippen LogP contribution in [0.5, 0.6) is 0 Å². The second kappa shape index (κ2) is 6.37. The summed E-state index contributed by atoms with van der Waals surface area (Å²) in [6.07, 6.45) is 0. The van der Waals surface area contributed by atoms with Crippen LogP contribution in [-0.4, -0.2) is 0 Å². The van der Waals surface area contributed by atoms with Gasteiger partial charge in [0.1, 0.15) is 0 Å². The molecule has 0 aliphatic rings. The average molecular weight is 326 g/mol. The van der Waals surface area contributed by atoms with Crippen LogP contribution in [0.3, 0.4) is 0 Å². The van der Waals surface area contributed by atoms with E-state index in [4.69, 9.17) is 0 Å². The molecular weight excluding hydrogens is 309 g/mol. The van der Waals surface area contributed by atoms with Crippen molar-refractivity contribution in [3.05, 3.63) is 66.7 Å². The molecule has 0 aliphatic carbocycles. The first-order valence-corrected chi connectivity index (χ1v) is 8.47. The van der Waals surface area contributed by atoms with Crippen LogP contribution >= 0.6 is 27.7 Å². The summed E-state index contributed by atoms with van der Waals surface area (Å²) < 4.78 is 0. The molecule has 3 unspecified atom stereocenters. The van der Waals surface area contributed by atoms with Crippen LogP contribution in [0.4, 0.5) is 0 Å². The molecule has 0 spiro atoms. The van der Waals surface area contributed by atoms with Gasteiger partial charge >= 0.3 is 0 Å². The molecule has 0 fully saturated rings. The van der Waals surface area contributed by atoms with Gasteiger partial charge in [-0.2, -0.15) is 0 Å². The van der Waals surface area contributed by atoms with Gasteiger partial charge in [0.05, 0.1) is 0 Å². The van der Waals surface area contributed by atoms with Gasteiger partial charge in [-0.05, 0) is 62.4 Å². The third-order valence-corrected chi connectivity index (χ3v) is 4.47. The Morgan fingerprint density at radius 3 is 1.62 bits per heavy atom. The lowest BCUT2D eigenvalue weighted by Crippen LogP contribution is -2.01. The molecular formula is C18H17P3. The zero-order valence-corrected chi connectivity index (χ0v) is 15.0. The molecule has 0 radical (unpaired) electrons. The van der Waals surface area contributed by atoms with E-state index in [1.54, 1.807) is 0 Å². The van der Waals surface area contributed by atoms with Gasteiger partial charge in [-0.25, -0.2) is 0 Å². The number of rotatable bonds is 2. The Bertz CT molecular complexity index is 756. The third-order valence-electron chi connectivity index (χ3n) is 3.42. The van der Waals surface area contributed by atoms with Gasteiger partial charge < -0.3 is 0 Å². The highest BCUT2D eigenvalue weighted by molar-refractivity contribution is 7.29. The molecule has 3 aromatic carbocycles. The molecule has 0 aromatic heterocycles. The predicted octanol–water partition coefficient (Wildman–Crippen LogP) is 3.52. The average Bonchev–Trinajstić information content (AvgIpc) is 2.47. The monoisotopic (exact) mass is 326 g/mol. The SMILES string of the molecule is Pc1ccc(-c2cccc(-c3cc(P)cc(P)c3)c2)cc1. The van der Waals surface area contributed by atoms with Crippen molar-refractivity contribution in [3.8, 4) is 22.3 Å². The first-order valence-electron chi connectivity index (χ1n) is 6.74. The molecule has 0 aliphatic heterocycles. The highest BCUT2D eigenvalue weighted by Gasteiger charge is 2.03. The van der Waals surface area contributed by atoms with E-state index in [0.717, 1.165) is 0 Å². The van der Waals surface area contributed by atoms with Crippen LogP contribution in [0, 0.1) is 0 Å². The molecule has 3 aromatic rings. The molecule has 104 valence electrons. The summed E-state index contributed by atoms with van der Waals surface area (Å²) in [5.41, 5.74) is 4.99. The standard InChI is InChI=1S/C18H17P3/c19-16-6-4-12(5-7-16)13-2-1-3-14(8-13)15-9-17(20)11-18(21)10-15/h1-11H,19-21H2. The van der Waals surface area contributed by atoms with Gasteiger partial charge in [-0.1, -0.05) is 42.5 Å². The van der Waals surface area contributed by atoms with Crippen molar-refractivity contribution in [3.63, 3.8) is 0 Å². The molecule has 0 bridgehead atoms. The van der Waals surface area contributed by atoms with Crippen molar-refractivity contribution in [1.82, 2.24) is 0 Å². The molecule has 3 rings (SSSR count). The van der Waals surface area contributed by atoms with Gasteiger partial charge in [0.2, 0.25) is 0 Å². The summed E-state index contributed by atoms with van der Waals surface area (Å²) in [6, 6.07) is 23.8. The summed E-state index contributed by atoms with van der Waals surface area (Å²) in [7, 11) is 8.27. The van der Waals surface area contributed by atoms with Crippen molar-refractivity contribution in [1.29, 1.82) is 0 Å². The maximum Gasteiger partial charge on any atom is -0.0171 e. The minimum absolute atomic E-state index is 1.20. The van der Waals surface area contributed by atoms with Gasteiger partial charge in [-0.3, -0.25) is 0 Å². The maximum atomic E-state index is 2.77. The molecule has 0 heterocycles. The topological polar surface area (TPSA) is 0 Å². The van der Waals surface area contributed by atoms with Crippen molar-refractivity contribution in [2.45, 2.75) is 0 Å². The number of benzene rings is 3. The summed E-state index contributed by atoms with van der Waals surface area (Å²) in [6.45, 7) is 0. The molecule has 3 heteroatoms. The van der Waals surface area contributed by atoms with Crippen LogP contribution in [0.15, 0.2) is 66.7 Å². The van der Waals surface area contributed by atoms with E-state index < -0.39 is 0 Å². The summed E-state index contributed by atoms with van der Waals surface area (Å²) in [4.78, 5) is 0. The fourth-order valence-electron chi connectivity index (χ4n) is 2.40. The van der Waals surface area contributed by atoms with Crippen LogP contribution < -0.4 is 15.9 Å². The smallest absolute Gasteiger partial charge is 0.0171 e. The number of hydrogen-bond acceptors (Lipinski definition) is 0. The molecule has 0 saturated heterocycles. The Balaban J connectivity index is 2.05. The first kappa shape index (κ1) is 14.9. The molecule has 0 N–H and O–H groups in total. The molecule has 0 amide bonds. The lowest BCUT2D eigenvalue weighted by molar-refractivity contribution is 1.61. The normalized spacial score (nSPS) is 10.6. The summed E-state index contributed by atoms with van der Waals surface area (Å²) >= 11 is 0. The minimum Gasteiger partial charge on any atom is -0.106 e. The Hall–Kier alpha value is -1.05. The van der Waals surface area contributed by atoms with Crippen LogP contribution in [0.1, 0.15) is 0 Å². The molecule has 0 nitrogen and oxygen atoms in total. The van der Waals surface area contributed by atoms with Crippen LogP contribution in [0.25, 0.3) is 22.3 Å². The Morgan fingerprint density at radius 2 is 1.00 bits per heavy atom. The summed E-state index contributed by atoms with van der Waals surface area (Å²) in [5, 5.41) is 3.61. The molecule has 3 atom stereocenters. The fraction of sp³-hybridized carbons (Fsp3) is 0. The van der Waals surface area contributed by atoms with Crippen LogP contribution in [0.2, 0.25) is 0 Å². The zero-order valence-electron chi connectivity index (χ0n) is 11.6. The molecule has 21 heavy (non-hydrogen) atoms. The highest BCUT2D eigenvalue weighted by Crippen LogP contribution is 2.26. The summed E-state index contributed by atoms with van der Waals surface area (Å²) in [5.74, 6) is 0. The number of hydrogen-bond donors (Lipinski definition) is 0. The zero-order chi connectivity index (χ0) is 14.8. The van der Waals surface area contributed by atoms with Gasteiger partial charge in [0.15, 0.2) is 0 Å².